The molecule has 0 aromatic carbocycles. The highest BCUT2D eigenvalue weighted by molar-refractivity contribution is 4.63. The lowest BCUT2D eigenvalue weighted by Gasteiger charge is -2.19. The largest absolute Gasteiger partial charge is 0.353 e. The van der Waals surface area contributed by atoms with Gasteiger partial charge in [-0.15, -0.1) is 0 Å². The third kappa shape index (κ3) is 8.81. The van der Waals surface area contributed by atoms with Gasteiger partial charge in [0, 0.05) is 19.3 Å². The minimum Gasteiger partial charge on any atom is -0.353 e. The Bertz CT molecular complexity index is 128. The number of hydrogen-bond donors (Lipinski definition) is 2. The van der Waals surface area contributed by atoms with Gasteiger partial charge in [0.05, 0.1) is 0 Å². The molecule has 0 amide bonds. The molecule has 0 spiro atoms. The molecule has 0 aliphatic carbocycles. The van der Waals surface area contributed by atoms with Crippen LogP contribution >= 0.6 is 0 Å². The minimum absolute atomic E-state index is 0.0936. The van der Waals surface area contributed by atoms with E-state index in [9.17, 15) is 0 Å². The Hall–Kier alpha value is -0.160. The molecule has 0 saturated heterocycles. The molecule has 0 fully saturated rings. The van der Waals surface area contributed by atoms with Gasteiger partial charge in [0.1, 0.15) is 0 Å². The van der Waals surface area contributed by atoms with Crippen molar-refractivity contribution in [2.75, 3.05) is 19.8 Å². The van der Waals surface area contributed by atoms with Gasteiger partial charge in [0.25, 0.3) is 0 Å². The van der Waals surface area contributed by atoms with E-state index in [4.69, 9.17) is 20.9 Å². The number of ether oxygens (including phenoxy) is 2. The minimum atomic E-state index is -0.0936. The summed E-state index contributed by atoms with van der Waals surface area (Å²) in [6, 6.07) is 0.219. The lowest BCUT2D eigenvalue weighted by Crippen LogP contribution is -2.25. The Morgan fingerprint density at radius 3 is 2.07 bits per heavy atom. The summed E-state index contributed by atoms with van der Waals surface area (Å²) in [6.45, 7) is 6.03. The molecule has 92 valence electrons. The van der Waals surface area contributed by atoms with Gasteiger partial charge >= 0.3 is 0 Å². The highest BCUT2D eigenvalue weighted by Gasteiger charge is 2.10. The highest BCUT2D eigenvalue weighted by Crippen LogP contribution is 2.08. The first kappa shape index (κ1) is 14.8. The molecule has 15 heavy (non-hydrogen) atoms. The first-order valence-electron chi connectivity index (χ1n) is 5.93. The van der Waals surface area contributed by atoms with Gasteiger partial charge in [-0.1, -0.05) is 0 Å². The molecule has 0 aromatic rings. The number of rotatable bonds is 10. The Kier molecular flexibility index (Phi) is 10.3. The smallest absolute Gasteiger partial charge is 0.157 e. The fourth-order valence-corrected chi connectivity index (χ4v) is 1.46. The molecule has 1 unspecified atom stereocenters. The second kappa shape index (κ2) is 10.4. The zero-order chi connectivity index (χ0) is 11.5. The van der Waals surface area contributed by atoms with Crippen LogP contribution in [0.4, 0.5) is 0 Å². The van der Waals surface area contributed by atoms with Crippen LogP contribution in [0.25, 0.3) is 0 Å². The molecular formula is C11H26N2O2. The summed E-state index contributed by atoms with van der Waals surface area (Å²) >= 11 is 0. The summed E-state index contributed by atoms with van der Waals surface area (Å²) in [6.07, 6.45) is 3.69. The molecule has 0 rings (SSSR count). The molecule has 0 radical (unpaired) electrons. The standard InChI is InChI=1S/C11H26N2O2/c1-3-14-11(15-4-2)8-7-10(13)6-5-9-12/h10-11H,3-9,12-13H2,1-2H3. The van der Waals surface area contributed by atoms with E-state index in [1.165, 1.54) is 0 Å². The van der Waals surface area contributed by atoms with Crippen LogP contribution in [0.1, 0.15) is 39.5 Å². The average molecular weight is 218 g/mol. The van der Waals surface area contributed by atoms with Crippen molar-refractivity contribution in [3.8, 4) is 0 Å². The summed E-state index contributed by atoms with van der Waals surface area (Å²) in [5.41, 5.74) is 11.4. The molecule has 0 heterocycles. The number of hydrogen-bond acceptors (Lipinski definition) is 4. The maximum absolute atomic E-state index is 5.93. The first-order valence-corrected chi connectivity index (χ1v) is 5.93. The van der Waals surface area contributed by atoms with Gasteiger partial charge in [-0.2, -0.15) is 0 Å². The third-order valence-electron chi connectivity index (χ3n) is 2.26. The Balaban J connectivity index is 3.57. The van der Waals surface area contributed by atoms with Crippen molar-refractivity contribution in [2.24, 2.45) is 11.5 Å². The van der Waals surface area contributed by atoms with E-state index >= 15 is 0 Å². The molecule has 0 saturated carbocycles. The molecule has 1 atom stereocenters. The molecule has 4 heteroatoms. The molecule has 4 nitrogen and oxygen atoms in total. The van der Waals surface area contributed by atoms with Crippen LogP contribution in [-0.2, 0) is 9.47 Å². The maximum Gasteiger partial charge on any atom is 0.157 e. The molecule has 4 N–H and O–H groups in total. The summed E-state index contributed by atoms with van der Waals surface area (Å²) in [5, 5.41) is 0. The van der Waals surface area contributed by atoms with Gasteiger partial charge in [-0.3, -0.25) is 0 Å². The van der Waals surface area contributed by atoms with E-state index in [-0.39, 0.29) is 12.3 Å². The van der Waals surface area contributed by atoms with Gasteiger partial charge in [-0.05, 0) is 46.1 Å². The fraction of sp³-hybridized carbons (Fsp3) is 1.00. The van der Waals surface area contributed by atoms with Crippen LogP contribution in [0.15, 0.2) is 0 Å². The van der Waals surface area contributed by atoms with E-state index in [0.717, 1.165) is 25.7 Å². The quantitative estimate of drug-likeness (QED) is 0.541. The van der Waals surface area contributed by atoms with Crippen LogP contribution < -0.4 is 11.5 Å². The van der Waals surface area contributed by atoms with Crippen molar-refractivity contribution in [1.29, 1.82) is 0 Å². The van der Waals surface area contributed by atoms with Crippen LogP contribution in [0, 0.1) is 0 Å². The van der Waals surface area contributed by atoms with Crippen LogP contribution in [-0.4, -0.2) is 32.1 Å². The Morgan fingerprint density at radius 2 is 1.60 bits per heavy atom. The van der Waals surface area contributed by atoms with E-state index < -0.39 is 0 Å². The SMILES string of the molecule is CCOC(CCC(N)CCCN)OCC. The van der Waals surface area contributed by atoms with Gasteiger partial charge in [0.15, 0.2) is 6.29 Å². The highest BCUT2D eigenvalue weighted by atomic mass is 16.7. The summed E-state index contributed by atoms with van der Waals surface area (Å²) in [7, 11) is 0. The van der Waals surface area contributed by atoms with Crippen LogP contribution in [0.3, 0.4) is 0 Å². The predicted molar refractivity (Wildman–Crippen MR) is 62.5 cm³/mol. The zero-order valence-electron chi connectivity index (χ0n) is 10.1. The van der Waals surface area contributed by atoms with E-state index in [2.05, 4.69) is 0 Å². The maximum atomic E-state index is 5.93. The normalized spacial score (nSPS) is 13.4. The second-order valence-electron chi connectivity index (χ2n) is 3.61. The van der Waals surface area contributed by atoms with Gasteiger partial charge < -0.3 is 20.9 Å². The Morgan fingerprint density at radius 1 is 1.00 bits per heavy atom. The molecule has 0 bridgehead atoms. The molecule has 0 aliphatic heterocycles. The summed E-state index contributed by atoms with van der Waals surface area (Å²) in [4.78, 5) is 0. The van der Waals surface area contributed by atoms with Crippen molar-refractivity contribution < 1.29 is 9.47 Å². The number of nitrogens with two attached hydrogens (primary N) is 2. The van der Waals surface area contributed by atoms with E-state index in [1.54, 1.807) is 0 Å². The Labute approximate surface area is 93.3 Å². The van der Waals surface area contributed by atoms with Crippen LogP contribution in [0.2, 0.25) is 0 Å². The molecule has 0 aromatic heterocycles. The third-order valence-corrected chi connectivity index (χ3v) is 2.26. The van der Waals surface area contributed by atoms with Gasteiger partial charge in [-0.25, -0.2) is 0 Å². The predicted octanol–water partition coefficient (Wildman–Crippen LogP) is 1.23. The van der Waals surface area contributed by atoms with Crippen molar-refractivity contribution in [3.63, 3.8) is 0 Å². The fourth-order valence-electron chi connectivity index (χ4n) is 1.46. The monoisotopic (exact) mass is 218 g/mol. The zero-order valence-corrected chi connectivity index (χ0v) is 10.1. The molecule has 0 aliphatic rings. The van der Waals surface area contributed by atoms with Crippen molar-refractivity contribution >= 4 is 0 Å². The lowest BCUT2D eigenvalue weighted by molar-refractivity contribution is -0.140. The van der Waals surface area contributed by atoms with Crippen molar-refractivity contribution in [3.05, 3.63) is 0 Å². The van der Waals surface area contributed by atoms with Crippen molar-refractivity contribution in [2.45, 2.75) is 51.9 Å². The first-order chi connectivity index (χ1) is 7.24. The summed E-state index contributed by atoms with van der Waals surface area (Å²) in [5.74, 6) is 0. The van der Waals surface area contributed by atoms with Crippen LogP contribution in [0.5, 0.6) is 0 Å². The van der Waals surface area contributed by atoms with Gasteiger partial charge in [0.2, 0.25) is 0 Å². The van der Waals surface area contributed by atoms with E-state index in [0.29, 0.717) is 19.8 Å². The molecular weight excluding hydrogens is 192 g/mol. The topological polar surface area (TPSA) is 70.5 Å². The average Bonchev–Trinajstić information content (AvgIpc) is 2.23. The van der Waals surface area contributed by atoms with Crippen molar-refractivity contribution in [1.82, 2.24) is 0 Å². The van der Waals surface area contributed by atoms with E-state index in [1.807, 2.05) is 13.8 Å². The second-order valence-corrected chi connectivity index (χ2v) is 3.61. The summed E-state index contributed by atoms with van der Waals surface area (Å²) < 4.78 is 10.9. The lowest BCUT2D eigenvalue weighted by atomic mass is 10.1.